The van der Waals surface area contributed by atoms with Crippen LogP contribution in [0.5, 0.6) is 0 Å². The molecule has 3 heterocycles. The van der Waals surface area contributed by atoms with Gasteiger partial charge in [0.2, 0.25) is 0 Å². The molecule has 0 atom stereocenters. The van der Waals surface area contributed by atoms with Crippen molar-refractivity contribution in [2.45, 2.75) is 0 Å². The molecule has 8 aromatic carbocycles. The highest BCUT2D eigenvalue weighted by Gasteiger charge is 2.20. The fraction of sp³-hybridized carbons (Fsp3) is 0. The average molecular weight is 734 g/mol. The number of fused-ring (bicyclic) bond motifs is 6. The van der Waals surface area contributed by atoms with Crippen LogP contribution in [0.3, 0.4) is 0 Å². The van der Waals surface area contributed by atoms with Gasteiger partial charge in [-0.2, -0.15) is 0 Å². The molecular formula is C51H31N3OS. The summed E-state index contributed by atoms with van der Waals surface area (Å²) in [7, 11) is 0. The highest BCUT2D eigenvalue weighted by molar-refractivity contribution is 7.26. The van der Waals surface area contributed by atoms with Crippen LogP contribution in [0.25, 0.3) is 110 Å². The molecule has 0 spiro atoms. The predicted molar refractivity (Wildman–Crippen MR) is 233 cm³/mol. The van der Waals surface area contributed by atoms with Crippen molar-refractivity contribution in [2.24, 2.45) is 0 Å². The Morgan fingerprint density at radius 2 is 0.893 bits per heavy atom. The van der Waals surface area contributed by atoms with Crippen LogP contribution < -0.4 is 0 Å². The Hall–Kier alpha value is -7.21. The first-order chi connectivity index (χ1) is 27.7. The minimum Gasteiger partial charge on any atom is -0.455 e. The molecule has 0 N–H and O–H groups in total. The summed E-state index contributed by atoms with van der Waals surface area (Å²) in [5, 5.41) is 4.55. The summed E-state index contributed by atoms with van der Waals surface area (Å²) in [4.78, 5) is 15.2. The number of hydrogen-bond acceptors (Lipinski definition) is 5. The number of benzene rings is 8. The van der Waals surface area contributed by atoms with Crippen LogP contribution in [0.2, 0.25) is 0 Å². The Kier molecular flexibility index (Phi) is 7.64. The van der Waals surface area contributed by atoms with Crippen molar-refractivity contribution in [3.63, 3.8) is 0 Å². The van der Waals surface area contributed by atoms with E-state index in [9.17, 15) is 0 Å². The third-order valence-electron chi connectivity index (χ3n) is 10.6. The van der Waals surface area contributed by atoms with Gasteiger partial charge in [0.05, 0.1) is 0 Å². The van der Waals surface area contributed by atoms with Gasteiger partial charge in [-0.05, 0) is 39.9 Å². The van der Waals surface area contributed by atoms with E-state index in [4.69, 9.17) is 19.4 Å². The van der Waals surface area contributed by atoms with Gasteiger partial charge in [0, 0.05) is 53.2 Å². The lowest BCUT2D eigenvalue weighted by Gasteiger charge is -2.10. The van der Waals surface area contributed by atoms with E-state index >= 15 is 0 Å². The molecule has 5 heteroatoms. The van der Waals surface area contributed by atoms with E-state index < -0.39 is 0 Å². The topological polar surface area (TPSA) is 51.8 Å². The zero-order valence-corrected chi connectivity index (χ0v) is 30.9. The number of rotatable bonds is 6. The number of hydrogen-bond donors (Lipinski definition) is 0. The summed E-state index contributed by atoms with van der Waals surface area (Å²) in [6.07, 6.45) is 0. The third kappa shape index (κ3) is 5.48. The lowest BCUT2D eigenvalue weighted by atomic mass is 9.99. The Labute approximate surface area is 327 Å². The third-order valence-corrected chi connectivity index (χ3v) is 11.8. The van der Waals surface area contributed by atoms with E-state index in [2.05, 4.69) is 140 Å². The Morgan fingerprint density at radius 1 is 0.357 bits per heavy atom. The molecule has 0 radical (unpaired) electrons. The second kappa shape index (κ2) is 13.3. The molecule has 0 fully saturated rings. The second-order valence-electron chi connectivity index (χ2n) is 13.9. The Morgan fingerprint density at radius 3 is 1.62 bits per heavy atom. The van der Waals surface area contributed by atoms with E-state index in [-0.39, 0.29) is 0 Å². The van der Waals surface area contributed by atoms with E-state index in [0.717, 1.165) is 55.3 Å². The van der Waals surface area contributed by atoms with Gasteiger partial charge in [-0.1, -0.05) is 176 Å². The van der Waals surface area contributed by atoms with Crippen LogP contribution in [-0.4, -0.2) is 15.0 Å². The molecule has 0 unspecified atom stereocenters. The summed E-state index contributed by atoms with van der Waals surface area (Å²) in [6, 6.07) is 65.5. The van der Waals surface area contributed by atoms with Crippen LogP contribution in [-0.2, 0) is 0 Å². The van der Waals surface area contributed by atoms with Gasteiger partial charge in [0.15, 0.2) is 17.5 Å². The monoisotopic (exact) mass is 733 g/mol. The summed E-state index contributed by atoms with van der Waals surface area (Å²) >= 11 is 1.85. The van der Waals surface area contributed by atoms with E-state index in [0.29, 0.717) is 17.5 Å². The number of nitrogens with zero attached hydrogens (tertiary/aromatic N) is 3. The van der Waals surface area contributed by atoms with E-state index in [1.54, 1.807) is 0 Å². The van der Waals surface area contributed by atoms with Gasteiger partial charge in [0.25, 0.3) is 0 Å². The maximum Gasteiger partial charge on any atom is 0.164 e. The normalized spacial score (nSPS) is 11.6. The van der Waals surface area contributed by atoms with Crippen LogP contribution in [0.1, 0.15) is 0 Å². The fourth-order valence-corrected chi connectivity index (χ4v) is 9.13. The Bertz CT molecular complexity index is 3230. The molecule has 0 aliphatic rings. The largest absolute Gasteiger partial charge is 0.455 e. The number of aromatic nitrogens is 3. The molecule has 0 aliphatic carbocycles. The first-order valence-electron chi connectivity index (χ1n) is 18.7. The van der Waals surface area contributed by atoms with Crippen molar-refractivity contribution in [1.82, 2.24) is 15.0 Å². The van der Waals surface area contributed by atoms with Crippen molar-refractivity contribution in [2.75, 3.05) is 0 Å². The first-order valence-corrected chi connectivity index (χ1v) is 19.5. The van der Waals surface area contributed by atoms with Gasteiger partial charge in [-0.3, -0.25) is 0 Å². The van der Waals surface area contributed by atoms with Crippen molar-refractivity contribution in [1.29, 1.82) is 0 Å². The van der Waals surface area contributed by atoms with Crippen molar-refractivity contribution in [3.05, 3.63) is 188 Å². The predicted octanol–water partition coefficient (Wildman–Crippen LogP) is 14.1. The molecule has 0 saturated carbocycles. The van der Waals surface area contributed by atoms with Gasteiger partial charge >= 0.3 is 0 Å². The fourth-order valence-electron chi connectivity index (χ4n) is 7.86. The minimum atomic E-state index is 0.598. The summed E-state index contributed by atoms with van der Waals surface area (Å²) < 4.78 is 9.32. The zero-order valence-electron chi connectivity index (χ0n) is 30.1. The molecule has 11 aromatic rings. The molecule has 56 heavy (non-hydrogen) atoms. The number of furan rings is 1. The maximum atomic E-state index is 6.77. The number of para-hydroxylation sites is 1. The molecule has 4 nitrogen and oxygen atoms in total. The lowest BCUT2D eigenvalue weighted by molar-refractivity contribution is 0.670. The SMILES string of the molecule is c1ccc(-c2ccc(-c3nc(-c4ccccc4)nc(-c4cccc5oc6c(-c7ccc8c(c7)sc7c(-c9ccccc9)cccc78)cccc6c45)n3)cc2)cc1. The van der Waals surface area contributed by atoms with Gasteiger partial charge in [0.1, 0.15) is 11.2 Å². The first kappa shape index (κ1) is 32.2. The maximum absolute atomic E-state index is 6.77. The molecule has 11 rings (SSSR count). The van der Waals surface area contributed by atoms with Crippen LogP contribution in [0.4, 0.5) is 0 Å². The van der Waals surface area contributed by atoms with Crippen LogP contribution >= 0.6 is 11.3 Å². The summed E-state index contributed by atoms with van der Waals surface area (Å²) in [5.41, 5.74) is 11.3. The van der Waals surface area contributed by atoms with E-state index in [1.165, 1.54) is 36.9 Å². The quantitative estimate of drug-likeness (QED) is 0.171. The second-order valence-corrected chi connectivity index (χ2v) is 15.0. The molecule has 0 amide bonds. The van der Waals surface area contributed by atoms with Crippen LogP contribution in [0, 0.1) is 0 Å². The van der Waals surface area contributed by atoms with Gasteiger partial charge in [-0.15, -0.1) is 11.3 Å². The molecule has 0 bridgehead atoms. The molecule has 3 aromatic heterocycles. The molecule has 0 saturated heterocycles. The smallest absolute Gasteiger partial charge is 0.164 e. The molecule has 262 valence electrons. The number of thiophene rings is 1. The highest BCUT2D eigenvalue weighted by atomic mass is 32.1. The Balaban J connectivity index is 1.05. The van der Waals surface area contributed by atoms with Gasteiger partial charge < -0.3 is 4.42 Å². The molecule has 0 aliphatic heterocycles. The lowest BCUT2D eigenvalue weighted by Crippen LogP contribution is -2.00. The molecular weight excluding hydrogens is 703 g/mol. The summed E-state index contributed by atoms with van der Waals surface area (Å²) in [5.74, 6) is 1.84. The van der Waals surface area contributed by atoms with E-state index in [1.807, 2.05) is 59.9 Å². The highest BCUT2D eigenvalue weighted by Crippen LogP contribution is 2.44. The van der Waals surface area contributed by atoms with Crippen molar-refractivity contribution in [3.8, 4) is 67.5 Å². The average Bonchev–Trinajstić information content (AvgIpc) is 3.86. The standard InChI is InChI=1S/C51H31N3OS/c1-4-13-32(14-5-1)33-25-27-36(28-26-33)50-52-49(35-17-8-3-9-18-35)53-51(54-50)43-23-12-24-44-46(43)42-22-10-19-38(47(42)55-44)37-29-30-40-41-21-11-20-39(34-15-6-2-7-16-34)48(41)56-45(40)31-37/h1-31H. The van der Waals surface area contributed by atoms with Crippen molar-refractivity contribution < 1.29 is 4.42 Å². The zero-order chi connectivity index (χ0) is 37.0. The van der Waals surface area contributed by atoms with Crippen LogP contribution in [0.15, 0.2) is 192 Å². The minimum absolute atomic E-state index is 0.598. The summed E-state index contributed by atoms with van der Waals surface area (Å²) in [6.45, 7) is 0. The van der Waals surface area contributed by atoms with Gasteiger partial charge in [-0.25, -0.2) is 15.0 Å². The van der Waals surface area contributed by atoms with Crippen molar-refractivity contribution >= 4 is 53.4 Å².